The Balaban J connectivity index is 1.52. The van der Waals surface area contributed by atoms with Crippen molar-refractivity contribution in [3.8, 4) is 11.5 Å². The average molecular weight is 489 g/mol. The van der Waals surface area contributed by atoms with Crippen molar-refractivity contribution in [3.05, 3.63) is 70.9 Å². The van der Waals surface area contributed by atoms with Gasteiger partial charge < -0.3 is 23.9 Å². The van der Waals surface area contributed by atoms with Crippen molar-refractivity contribution < 1.29 is 18.8 Å². The number of para-hydroxylation sites is 1. The summed E-state index contributed by atoms with van der Waals surface area (Å²) in [5, 5.41) is 7.52. The first-order valence-corrected chi connectivity index (χ1v) is 11.3. The van der Waals surface area contributed by atoms with E-state index in [1.807, 2.05) is 31.2 Å². The molecular weight excluding hydrogens is 464 g/mol. The minimum absolute atomic E-state index is 0.0775. The van der Waals surface area contributed by atoms with Crippen LogP contribution in [0.4, 0.5) is 5.69 Å². The van der Waals surface area contributed by atoms with Crippen molar-refractivity contribution >= 4 is 33.5 Å². The number of methoxy groups -OCH3 is 2. The fourth-order valence-corrected chi connectivity index (χ4v) is 4.13. The summed E-state index contributed by atoms with van der Waals surface area (Å²) in [6.45, 7) is 1.90. The quantitative estimate of drug-likeness (QED) is 0.353. The second-order valence-corrected chi connectivity index (χ2v) is 8.05. The van der Waals surface area contributed by atoms with Gasteiger partial charge in [0.2, 0.25) is 11.8 Å². The fourth-order valence-electron chi connectivity index (χ4n) is 4.13. The van der Waals surface area contributed by atoms with E-state index in [2.05, 4.69) is 20.4 Å². The molecule has 11 nitrogen and oxygen atoms in total. The standard InChI is InChI=1S/C25H24N6O5/c1-4-20-28-22(36-29-20)13-30-14-26-23-16-7-5-6-8-17(16)31(24(23)25(30)33)12-21(32)27-15-9-10-18(34-2)19(11-15)35-3/h5-11,14H,4,12-13H2,1-3H3,(H,27,32). The van der Waals surface area contributed by atoms with Crippen LogP contribution < -0.4 is 20.3 Å². The van der Waals surface area contributed by atoms with Crippen molar-refractivity contribution in [1.82, 2.24) is 24.3 Å². The Morgan fingerprint density at radius 3 is 2.67 bits per heavy atom. The Morgan fingerprint density at radius 2 is 1.92 bits per heavy atom. The summed E-state index contributed by atoms with van der Waals surface area (Å²) in [5.74, 6) is 1.60. The fraction of sp³-hybridized carbons (Fsp3) is 0.240. The van der Waals surface area contributed by atoms with Gasteiger partial charge in [-0.05, 0) is 18.2 Å². The maximum atomic E-state index is 13.5. The normalized spacial score (nSPS) is 11.2. The van der Waals surface area contributed by atoms with Crippen LogP contribution in [0.25, 0.3) is 21.9 Å². The molecule has 0 aliphatic carbocycles. The average Bonchev–Trinajstić information content (AvgIpc) is 3.48. The van der Waals surface area contributed by atoms with Gasteiger partial charge in [-0.1, -0.05) is 30.3 Å². The Morgan fingerprint density at radius 1 is 1.11 bits per heavy atom. The summed E-state index contributed by atoms with van der Waals surface area (Å²) in [6, 6.07) is 12.6. The van der Waals surface area contributed by atoms with Crippen molar-refractivity contribution in [2.24, 2.45) is 0 Å². The third-order valence-corrected chi connectivity index (χ3v) is 5.83. The summed E-state index contributed by atoms with van der Waals surface area (Å²) >= 11 is 0. The Labute approximate surface area is 205 Å². The number of nitrogens with zero attached hydrogens (tertiary/aromatic N) is 5. The molecule has 184 valence electrons. The molecule has 0 fully saturated rings. The number of fused-ring (bicyclic) bond motifs is 3. The monoisotopic (exact) mass is 488 g/mol. The predicted molar refractivity (Wildman–Crippen MR) is 132 cm³/mol. The van der Waals surface area contributed by atoms with E-state index in [0.717, 1.165) is 10.9 Å². The first-order valence-electron chi connectivity index (χ1n) is 11.3. The number of anilines is 1. The van der Waals surface area contributed by atoms with E-state index in [4.69, 9.17) is 14.0 Å². The SMILES string of the molecule is CCc1noc(Cn2cnc3c4ccccc4n(CC(=O)Nc4ccc(OC)c(OC)c4)c3c2=O)n1. The maximum Gasteiger partial charge on any atom is 0.278 e. The number of hydrogen-bond donors (Lipinski definition) is 1. The minimum Gasteiger partial charge on any atom is -0.493 e. The lowest BCUT2D eigenvalue weighted by Crippen LogP contribution is -2.25. The molecule has 0 unspecified atom stereocenters. The Kier molecular flexibility index (Phi) is 6.11. The highest BCUT2D eigenvalue weighted by atomic mass is 16.5. The highest BCUT2D eigenvalue weighted by Gasteiger charge is 2.19. The summed E-state index contributed by atoms with van der Waals surface area (Å²) in [7, 11) is 3.07. The summed E-state index contributed by atoms with van der Waals surface area (Å²) in [6.07, 6.45) is 2.08. The molecule has 3 aromatic heterocycles. The van der Waals surface area contributed by atoms with Crippen molar-refractivity contribution in [1.29, 1.82) is 0 Å². The molecule has 0 bridgehead atoms. The van der Waals surface area contributed by atoms with Gasteiger partial charge in [-0.15, -0.1) is 0 Å². The van der Waals surface area contributed by atoms with Crippen molar-refractivity contribution in [2.75, 3.05) is 19.5 Å². The van der Waals surface area contributed by atoms with E-state index < -0.39 is 0 Å². The van der Waals surface area contributed by atoms with Gasteiger partial charge >= 0.3 is 0 Å². The second-order valence-electron chi connectivity index (χ2n) is 8.05. The third kappa shape index (κ3) is 4.15. The lowest BCUT2D eigenvalue weighted by Gasteiger charge is -2.12. The minimum atomic E-state index is -0.316. The number of carbonyl (C=O) groups excluding carboxylic acids is 1. The van der Waals surface area contributed by atoms with Gasteiger partial charge in [-0.3, -0.25) is 14.2 Å². The van der Waals surface area contributed by atoms with Gasteiger partial charge in [0, 0.05) is 23.6 Å². The molecule has 36 heavy (non-hydrogen) atoms. The van der Waals surface area contributed by atoms with Crippen LogP contribution in [0.1, 0.15) is 18.6 Å². The van der Waals surface area contributed by atoms with E-state index in [1.165, 1.54) is 18.0 Å². The number of ether oxygens (including phenoxy) is 2. The molecule has 2 aromatic carbocycles. The summed E-state index contributed by atoms with van der Waals surface area (Å²) < 4.78 is 18.9. The van der Waals surface area contributed by atoms with E-state index in [9.17, 15) is 9.59 Å². The topological polar surface area (TPSA) is 126 Å². The van der Waals surface area contributed by atoms with Gasteiger partial charge in [-0.2, -0.15) is 4.98 Å². The molecule has 11 heteroatoms. The van der Waals surface area contributed by atoms with Crippen LogP contribution in [0, 0.1) is 0 Å². The molecule has 5 aromatic rings. The highest BCUT2D eigenvalue weighted by molar-refractivity contribution is 6.06. The number of nitrogens with one attached hydrogen (secondary N) is 1. The number of carbonyl (C=O) groups is 1. The van der Waals surface area contributed by atoms with Crippen molar-refractivity contribution in [2.45, 2.75) is 26.4 Å². The zero-order valence-electron chi connectivity index (χ0n) is 20.0. The van der Waals surface area contributed by atoms with Crippen molar-refractivity contribution in [3.63, 3.8) is 0 Å². The molecule has 1 N–H and O–H groups in total. The number of hydrogen-bond acceptors (Lipinski definition) is 8. The molecule has 1 amide bonds. The molecule has 0 spiro atoms. The molecular formula is C25H24N6O5. The molecule has 0 atom stereocenters. The van der Waals surface area contributed by atoms with E-state index >= 15 is 0 Å². The predicted octanol–water partition coefficient (Wildman–Crippen LogP) is 3.00. The van der Waals surface area contributed by atoms with Gasteiger partial charge in [0.15, 0.2) is 17.3 Å². The summed E-state index contributed by atoms with van der Waals surface area (Å²) in [4.78, 5) is 35.4. The van der Waals surface area contributed by atoms with Crippen LogP contribution >= 0.6 is 0 Å². The van der Waals surface area contributed by atoms with Crippen LogP contribution in [0.5, 0.6) is 11.5 Å². The number of rotatable bonds is 8. The van der Waals surface area contributed by atoms with Crippen LogP contribution in [0.3, 0.4) is 0 Å². The Hall–Kier alpha value is -4.67. The number of aryl methyl sites for hydroxylation is 1. The molecule has 0 saturated carbocycles. The van der Waals surface area contributed by atoms with Crippen LogP contribution in [0.2, 0.25) is 0 Å². The first-order chi connectivity index (χ1) is 17.5. The molecule has 5 rings (SSSR count). The second kappa shape index (κ2) is 9.53. The number of amides is 1. The van der Waals surface area contributed by atoms with Gasteiger partial charge in [-0.25, -0.2) is 4.98 Å². The van der Waals surface area contributed by atoms with Crippen LogP contribution in [-0.4, -0.2) is 44.4 Å². The molecule has 0 saturated heterocycles. The highest BCUT2D eigenvalue weighted by Crippen LogP contribution is 2.30. The molecule has 0 radical (unpaired) electrons. The summed E-state index contributed by atoms with van der Waals surface area (Å²) in [5.41, 5.74) is 1.79. The van der Waals surface area contributed by atoms with Gasteiger partial charge in [0.25, 0.3) is 5.56 Å². The Bertz CT molecular complexity index is 1630. The molecule has 3 heterocycles. The lowest BCUT2D eigenvalue weighted by molar-refractivity contribution is -0.116. The van der Waals surface area contributed by atoms with E-state index in [1.54, 1.807) is 29.9 Å². The van der Waals surface area contributed by atoms with E-state index in [-0.39, 0.29) is 24.6 Å². The maximum absolute atomic E-state index is 13.5. The van der Waals surface area contributed by atoms with Crippen LogP contribution in [-0.2, 0) is 24.3 Å². The smallest absolute Gasteiger partial charge is 0.278 e. The first kappa shape index (κ1) is 23.1. The zero-order valence-corrected chi connectivity index (χ0v) is 20.0. The number of benzene rings is 2. The van der Waals surface area contributed by atoms with Gasteiger partial charge in [0.1, 0.15) is 24.1 Å². The lowest BCUT2D eigenvalue weighted by atomic mass is 10.2. The van der Waals surface area contributed by atoms with Crippen LogP contribution in [0.15, 0.2) is 58.1 Å². The molecule has 0 aliphatic rings. The number of aromatic nitrogens is 5. The zero-order chi connectivity index (χ0) is 25.2. The van der Waals surface area contributed by atoms with Gasteiger partial charge in [0.05, 0.1) is 26.1 Å². The van der Waals surface area contributed by atoms with E-state index in [0.29, 0.717) is 46.4 Å². The third-order valence-electron chi connectivity index (χ3n) is 5.83. The molecule has 0 aliphatic heterocycles. The largest absolute Gasteiger partial charge is 0.493 e.